The molecule has 0 atom stereocenters. The lowest BCUT2D eigenvalue weighted by Crippen LogP contribution is -2.28. The van der Waals surface area contributed by atoms with Gasteiger partial charge in [-0.15, -0.1) is 15.3 Å². The second-order valence-corrected chi connectivity index (χ2v) is 8.88. The van der Waals surface area contributed by atoms with Crippen LogP contribution in [-0.4, -0.2) is 55.6 Å². The monoisotopic (exact) mass is 489 g/mol. The zero-order valence-electron chi connectivity index (χ0n) is 17.7. The van der Waals surface area contributed by atoms with Crippen LogP contribution in [0.15, 0.2) is 59.5 Å². The number of ether oxygens (including phenoxy) is 3. The molecule has 0 saturated carbocycles. The highest BCUT2D eigenvalue weighted by Crippen LogP contribution is 2.29. The van der Waals surface area contributed by atoms with Crippen LogP contribution in [-0.2, 0) is 10.0 Å². The van der Waals surface area contributed by atoms with Crippen LogP contribution in [0.25, 0.3) is 17.0 Å². The molecule has 0 aliphatic rings. The van der Waals surface area contributed by atoms with E-state index in [0.717, 1.165) is 5.56 Å². The van der Waals surface area contributed by atoms with Crippen LogP contribution in [0.3, 0.4) is 0 Å². The highest BCUT2D eigenvalue weighted by Gasteiger charge is 2.20. The van der Waals surface area contributed by atoms with Gasteiger partial charge in [0, 0.05) is 17.6 Å². The van der Waals surface area contributed by atoms with E-state index in [9.17, 15) is 8.42 Å². The molecule has 0 unspecified atom stereocenters. The van der Waals surface area contributed by atoms with Gasteiger partial charge < -0.3 is 14.2 Å². The van der Waals surface area contributed by atoms with Crippen molar-refractivity contribution < 1.29 is 22.6 Å². The van der Waals surface area contributed by atoms with Crippen molar-refractivity contribution in [3.63, 3.8) is 0 Å². The molecular formula is C21H20ClN5O5S. The summed E-state index contributed by atoms with van der Waals surface area (Å²) in [6.07, 6.45) is 0. The first-order chi connectivity index (χ1) is 15.9. The maximum Gasteiger partial charge on any atom is 0.244 e. The summed E-state index contributed by atoms with van der Waals surface area (Å²) in [5.74, 6) is 1.59. The highest BCUT2D eigenvalue weighted by atomic mass is 35.5. The molecule has 1 N–H and O–H groups in total. The number of hydrogen-bond acceptors (Lipinski definition) is 8. The van der Waals surface area contributed by atoms with Crippen molar-refractivity contribution in [3.8, 4) is 28.8 Å². The van der Waals surface area contributed by atoms with E-state index in [1.54, 1.807) is 25.3 Å². The van der Waals surface area contributed by atoms with E-state index in [0.29, 0.717) is 17.2 Å². The minimum atomic E-state index is -3.86. The molecule has 2 aromatic carbocycles. The molecular weight excluding hydrogens is 470 g/mol. The molecule has 0 aliphatic heterocycles. The standard InChI is InChI=1S/C21H20ClN5O5S/c1-30-16-6-4-3-5-15(16)21-25-24-19-9-10-20(26-27(19)21)32-12-11-23-33(28,29)18-13-14(22)7-8-17(18)31-2/h3-10,13,23H,11-12H2,1-2H3. The van der Waals surface area contributed by atoms with Gasteiger partial charge in [0.15, 0.2) is 11.5 Å². The van der Waals surface area contributed by atoms with Crippen molar-refractivity contribution in [3.05, 3.63) is 59.6 Å². The minimum Gasteiger partial charge on any atom is -0.496 e. The van der Waals surface area contributed by atoms with Gasteiger partial charge in [0.05, 0.1) is 19.8 Å². The number of aromatic nitrogens is 4. The van der Waals surface area contributed by atoms with Gasteiger partial charge in [0.25, 0.3) is 0 Å². The largest absolute Gasteiger partial charge is 0.496 e. The zero-order valence-corrected chi connectivity index (χ0v) is 19.3. The average molecular weight is 490 g/mol. The molecule has 33 heavy (non-hydrogen) atoms. The summed E-state index contributed by atoms with van der Waals surface area (Å²) in [7, 11) is -0.895. The Morgan fingerprint density at radius 1 is 1.00 bits per heavy atom. The van der Waals surface area contributed by atoms with Gasteiger partial charge in [-0.2, -0.15) is 4.52 Å². The van der Waals surface area contributed by atoms with Gasteiger partial charge in [0.2, 0.25) is 15.9 Å². The molecule has 0 bridgehead atoms. The first kappa shape index (κ1) is 22.8. The fourth-order valence-electron chi connectivity index (χ4n) is 3.12. The lowest BCUT2D eigenvalue weighted by atomic mass is 10.2. The third kappa shape index (κ3) is 4.85. The summed E-state index contributed by atoms with van der Waals surface area (Å²) in [6.45, 7) is 0.0337. The van der Waals surface area contributed by atoms with Crippen molar-refractivity contribution >= 4 is 27.3 Å². The summed E-state index contributed by atoms with van der Waals surface area (Å²) < 4.78 is 45.4. The number of para-hydroxylation sites is 1. The van der Waals surface area contributed by atoms with Crippen molar-refractivity contribution in [2.24, 2.45) is 0 Å². The van der Waals surface area contributed by atoms with E-state index in [4.69, 9.17) is 25.8 Å². The van der Waals surface area contributed by atoms with Crippen LogP contribution in [0.2, 0.25) is 5.02 Å². The second-order valence-electron chi connectivity index (χ2n) is 6.71. The van der Waals surface area contributed by atoms with Crippen molar-refractivity contribution in [1.29, 1.82) is 0 Å². The van der Waals surface area contributed by atoms with Crippen LogP contribution >= 0.6 is 11.6 Å². The van der Waals surface area contributed by atoms with E-state index < -0.39 is 10.0 Å². The number of hydrogen-bond donors (Lipinski definition) is 1. The topological polar surface area (TPSA) is 117 Å². The highest BCUT2D eigenvalue weighted by molar-refractivity contribution is 7.89. The first-order valence-corrected chi connectivity index (χ1v) is 11.6. The van der Waals surface area contributed by atoms with E-state index in [2.05, 4.69) is 20.0 Å². The van der Waals surface area contributed by atoms with Crippen molar-refractivity contribution in [2.45, 2.75) is 4.90 Å². The molecule has 172 valence electrons. The number of rotatable bonds is 9. The summed E-state index contributed by atoms with van der Waals surface area (Å²) >= 11 is 5.93. The molecule has 4 rings (SSSR count). The molecule has 10 nitrogen and oxygen atoms in total. The molecule has 2 heterocycles. The van der Waals surface area contributed by atoms with E-state index in [1.807, 2.05) is 24.3 Å². The summed E-state index contributed by atoms with van der Waals surface area (Å²) in [6, 6.07) is 15.1. The molecule has 0 radical (unpaired) electrons. The lowest BCUT2D eigenvalue weighted by Gasteiger charge is -2.11. The predicted molar refractivity (Wildman–Crippen MR) is 121 cm³/mol. The molecule has 0 fully saturated rings. The van der Waals surface area contributed by atoms with Gasteiger partial charge in [-0.1, -0.05) is 23.7 Å². The van der Waals surface area contributed by atoms with Crippen LogP contribution in [0.1, 0.15) is 0 Å². The van der Waals surface area contributed by atoms with Gasteiger partial charge >= 0.3 is 0 Å². The predicted octanol–water partition coefficient (Wildman–Crippen LogP) is 2.82. The second kappa shape index (κ2) is 9.61. The molecule has 0 aliphatic carbocycles. The Morgan fingerprint density at radius 3 is 2.58 bits per heavy atom. The molecule has 0 amide bonds. The van der Waals surface area contributed by atoms with Crippen LogP contribution in [0.4, 0.5) is 0 Å². The Labute approximate surface area is 195 Å². The smallest absolute Gasteiger partial charge is 0.244 e. The normalized spacial score (nSPS) is 11.5. The molecule has 12 heteroatoms. The SMILES string of the molecule is COc1ccccc1-c1nnc2ccc(OCCNS(=O)(=O)c3cc(Cl)ccc3OC)nn12. The maximum absolute atomic E-state index is 12.6. The lowest BCUT2D eigenvalue weighted by molar-refractivity contribution is 0.305. The van der Waals surface area contributed by atoms with E-state index >= 15 is 0 Å². The zero-order chi connectivity index (χ0) is 23.4. The van der Waals surface area contributed by atoms with Gasteiger partial charge in [-0.25, -0.2) is 13.1 Å². The van der Waals surface area contributed by atoms with Gasteiger partial charge in [-0.3, -0.25) is 0 Å². The minimum absolute atomic E-state index is 0.000732. The maximum atomic E-state index is 12.6. The summed E-state index contributed by atoms with van der Waals surface area (Å²) in [5.41, 5.74) is 1.25. The van der Waals surface area contributed by atoms with E-state index in [1.165, 1.54) is 23.8 Å². The molecule has 4 aromatic rings. The fraction of sp³-hybridized carbons (Fsp3) is 0.190. The van der Waals surface area contributed by atoms with Crippen molar-refractivity contribution in [1.82, 2.24) is 24.5 Å². The van der Waals surface area contributed by atoms with Gasteiger partial charge in [-0.05, 0) is 36.4 Å². The molecule has 2 aromatic heterocycles. The Morgan fingerprint density at radius 2 is 1.79 bits per heavy atom. The number of nitrogens with zero attached hydrogens (tertiary/aromatic N) is 4. The van der Waals surface area contributed by atoms with Crippen LogP contribution in [0.5, 0.6) is 17.4 Å². The Hall–Kier alpha value is -3.41. The number of nitrogens with one attached hydrogen (secondary N) is 1. The van der Waals surface area contributed by atoms with Crippen LogP contribution in [0, 0.1) is 0 Å². The number of fused-ring (bicyclic) bond motifs is 1. The number of methoxy groups -OCH3 is 2. The fourth-order valence-corrected chi connectivity index (χ4v) is 4.56. The molecule has 0 saturated heterocycles. The average Bonchev–Trinajstić information content (AvgIpc) is 3.25. The quantitative estimate of drug-likeness (QED) is 0.357. The first-order valence-electron chi connectivity index (χ1n) is 9.75. The van der Waals surface area contributed by atoms with Crippen LogP contribution < -0.4 is 18.9 Å². The molecule has 0 spiro atoms. The Bertz CT molecular complexity index is 1390. The number of benzene rings is 2. The Balaban J connectivity index is 1.47. The number of halogens is 1. The third-order valence-electron chi connectivity index (χ3n) is 4.65. The van der Waals surface area contributed by atoms with Gasteiger partial charge in [0.1, 0.15) is 23.0 Å². The third-order valence-corrected chi connectivity index (χ3v) is 6.36. The van der Waals surface area contributed by atoms with E-state index in [-0.39, 0.29) is 34.7 Å². The summed E-state index contributed by atoms with van der Waals surface area (Å²) in [4.78, 5) is -0.0528. The van der Waals surface area contributed by atoms with Crippen molar-refractivity contribution in [2.75, 3.05) is 27.4 Å². The Kier molecular flexibility index (Phi) is 6.63. The number of sulfonamides is 1. The summed E-state index contributed by atoms with van der Waals surface area (Å²) in [5, 5.41) is 13.0.